The Labute approximate surface area is 131 Å². The summed E-state index contributed by atoms with van der Waals surface area (Å²) in [5.41, 5.74) is -1.41. The molecule has 3 heterocycles. The Balaban J connectivity index is 1.98. The van der Waals surface area contributed by atoms with Crippen molar-refractivity contribution in [1.82, 2.24) is 14.8 Å². The van der Waals surface area contributed by atoms with Crippen LogP contribution < -0.4 is 11.2 Å². The topological polar surface area (TPSA) is 130 Å². The van der Waals surface area contributed by atoms with E-state index in [-0.39, 0.29) is 5.75 Å². The Morgan fingerprint density at radius 1 is 1.30 bits per heavy atom. The molecule has 2 saturated heterocycles. The van der Waals surface area contributed by atoms with Crippen molar-refractivity contribution in [3.63, 3.8) is 0 Å². The number of aromatic amines is 1. The predicted octanol–water partition coefficient (Wildman–Crippen LogP) is -1.61. The van der Waals surface area contributed by atoms with Crippen molar-refractivity contribution >= 4 is 9.84 Å². The van der Waals surface area contributed by atoms with Crippen molar-refractivity contribution in [1.29, 1.82) is 0 Å². The van der Waals surface area contributed by atoms with Crippen LogP contribution in [0, 0.1) is 0 Å². The van der Waals surface area contributed by atoms with Crippen molar-refractivity contribution in [2.24, 2.45) is 0 Å². The van der Waals surface area contributed by atoms with E-state index in [4.69, 9.17) is 14.2 Å². The fourth-order valence-electron chi connectivity index (χ4n) is 2.83. The molecule has 2 fully saturated rings. The van der Waals surface area contributed by atoms with Gasteiger partial charge >= 0.3 is 5.69 Å². The molecule has 1 N–H and O–H groups in total. The van der Waals surface area contributed by atoms with Gasteiger partial charge in [-0.2, -0.15) is 9.78 Å². The molecule has 1 aromatic heterocycles. The van der Waals surface area contributed by atoms with Crippen LogP contribution >= 0.6 is 0 Å². The van der Waals surface area contributed by atoms with Gasteiger partial charge in [0.1, 0.15) is 34.3 Å². The zero-order chi connectivity index (χ0) is 17.0. The third kappa shape index (κ3) is 3.22. The largest absolute Gasteiger partial charge is 0.347 e. The highest BCUT2D eigenvalue weighted by Gasteiger charge is 2.57. The minimum Gasteiger partial charge on any atom is -0.346 e. The Bertz CT molecular complexity index is 828. The molecule has 0 amide bonds. The molecule has 0 aromatic carbocycles. The lowest BCUT2D eigenvalue weighted by molar-refractivity contribution is -0.196. The number of ether oxygens (including phenoxy) is 3. The van der Waals surface area contributed by atoms with Gasteiger partial charge in [0.25, 0.3) is 5.56 Å². The van der Waals surface area contributed by atoms with E-state index >= 15 is 0 Å². The molecular weight excluding hydrogens is 330 g/mol. The van der Waals surface area contributed by atoms with Crippen molar-refractivity contribution < 1.29 is 22.6 Å². The smallest absolute Gasteiger partial charge is 0.346 e. The average molecular weight is 347 g/mol. The third-order valence-electron chi connectivity index (χ3n) is 3.57. The molecule has 0 aliphatic carbocycles. The van der Waals surface area contributed by atoms with Gasteiger partial charge in [-0.1, -0.05) is 0 Å². The van der Waals surface area contributed by atoms with Crippen LogP contribution in [0.25, 0.3) is 0 Å². The van der Waals surface area contributed by atoms with Gasteiger partial charge < -0.3 is 14.2 Å². The molecule has 2 aliphatic rings. The summed E-state index contributed by atoms with van der Waals surface area (Å²) in [6.07, 6.45) is -1.15. The van der Waals surface area contributed by atoms with Crippen LogP contribution in [-0.4, -0.2) is 59.3 Å². The number of rotatable bonds is 3. The van der Waals surface area contributed by atoms with Crippen molar-refractivity contribution in [2.75, 3.05) is 12.0 Å². The lowest BCUT2D eigenvalue weighted by atomic mass is 10.1. The number of aromatic nitrogens is 3. The third-order valence-corrected chi connectivity index (χ3v) is 4.50. The van der Waals surface area contributed by atoms with Crippen LogP contribution in [0.2, 0.25) is 0 Å². The maximum absolute atomic E-state index is 11.9. The summed E-state index contributed by atoms with van der Waals surface area (Å²) >= 11 is 0. The maximum Gasteiger partial charge on any atom is 0.347 e. The first-order valence-corrected chi connectivity index (χ1v) is 8.99. The van der Waals surface area contributed by atoms with E-state index in [0.29, 0.717) is 0 Å². The molecule has 0 unspecified atom stereocenters. The maximum atomic E-state index is 11.9. The normalized spacial score (nSPS) is 32.8. The second kappa shape index (κ2) is 5.23. The van der Waals surface area contributed by atoms with E-state index in [1.807, 2.05) is 0 Å². The summed E-state index contributed by atoms with van der Waals surface area (Å²) in [7, 11) is -3.33. The predicted molar refractivity (Wildman–Crippen MR) is 76.6 cm³/mol. The van der Waals surface area contributed by atoms with Crippen LogP contribution in [0.3, 0.4) is 0 Å². The van der Waals surface area contributed by atoms with E-state index in [1.54, 1.807) is 13.8 Å². The molecule has 1 aromatic rings. The Kier molecular flexibility index (Phi) is 3.71. The van der Waals surface area contributed by atoms with E-state index < -0.39 is 51.4 Å². The molecule has 2 aliphatic heterocycles. The molecule has 128 valence electrons. The highest BCUT2D eigenvalue weighted by Crippen LogP contribution is 2.42. The van der Waals surface area contributed by atoms with E-state index in [9.17, 15) is 18.0 Å². The fraction of sp³-hybridized carbons (Fsp3) is 0.750. The van der Waals surface area contributed by atoms with Gasteiger partial charge in [0.2, 0.25) is 0 Å². The zero-order valence-electron chi connectivity index (χ0n) is 12.8. The van der Waals surface area contributed by atoms with Gasteiger partial charge in [-0.3, -0.25) is 9.78 Å². The first-order chi connectivity index (χ1) is 10.6. The summed E-state index contributed by atoms with van der Waals surface area (Å²) in [6, 6.07) is 0. The number of nitrogens with zero attached hydrogens (tertiary/aromatic N) is 2. The lowest BCUT2D eigenvalue weighted by Gasteiger charge is -2.24. The summed E-state index contributed by atoms with van der Waals surface area (Å²) in [6.45, 7) is 3.37. The summed E-state index contributed by atoms with van der Waals surface area (Å²) in [5.74, 6) is -1.22. The lowest BCUT2D eigenvalue weighted by Crippen LogP contribution is -2.39. The number of hydrogen-bond donors (Lipinski definition) is 1. The molecule has 11 heteroatoms. The Morgan fingerprint density at radius 3 is 2.57 bits per heavy atom. The summed E-state index contributed by atoms with van der Waals surface area (Å²) < 4.78 is 41.2. The SMILES string of the molecule is CC1(C)O[C@@H]2[C@H](O1)[C@H](CS(C)(=O)=O)O[C@H]2n1ncc(=O)[nH]c1=O. The summed E-state index contributed by atoms with van der Waals surface area (Å²) in [4.78, 5) is 25.1. The van der Waals surface area contributed by atoms with E-state index in [1.165, 1.54) is 0 Å². The fourth-order valence-corrected chi connectivity index (χ4v) is 3.70. The second-order valence-corrected chi connectivity index (χ2v) is 8.29. The standard InChI is InChI=1S/C12H17N3O7S/c1-12(2)21-8-6(5-23(3,18)19)20-10(9(8)22-12)15-11(17)14-7(16)4-13-15/h4,6,8-10H,5H2,1-3H3,(H,14,16,17)/t6-,8+,9+,10+/m0/s1. The van der Waals surface area contributed by atoms with Crippen molar-refractivity contribution in [3.05, 3.63) is 27.0 Å². The van der Waals surface area contributed by atoms with Crippen LogP contribution in [0.1, 0.15) is 20.1 Å². The first kappa shape index (κ1) is 16.3. The van der Waals surface area contributed by atoms with Crippen LogP contribution in [0.15, 0.2) is 15.8 Å². The molecule has 0 radical (unpaired) electrons. The molecule has 3 rings (SSSR count). The van der Waals surface area contributed by atoms with E-state index in [2.05, 4.69) is 10.1 Å². The molecule has 4 atom stereocenters. The van der Waals surface area contributed by atoms with Gasteiger partial charge in [-0.05, 0) is 13.8 Å². The van der Waals surface area contributed by atoms with Crippen molar-refractivity contribution in [2.45, 2.75) is 44.2 Å². The van der Waals surface area contributed by atoms with Crippen LogP contribution in [-0.2, 0) is 24.0 Å². The number of H-pyrrole nitrogens is 1. The van der Waals surface area contributed by atoms with Crippen molar-refractivity contribution in [3.8, 4) is 0 Å². The number of fused-ring (bicyclic) bond motifs is 1. The second-order valence-electron chi connectivity index (χ2n) is 6.11. The molecule has 0 spiro atoms. The summed E-state index contributed by atoms with van der Waals surface area (Å²) in [5, 5.41) is 3.75. The van der Waals surface area contributed by atoms with E-state index in [0.717, 1.165) is 17.1 Å². The Morgan fingerprint density at radius 2 is 1.96 bits per heavy atom. The van der Waals surface area contributed by atoms with Crippen LogP contribution in [0.5, 0.6) is 0 Å². The molecule has 10 nitrogen and oxygen atoms in total. The zero-order valence-corrected chi connectivity index (χ0v) is 13.6. The van der Waals surface area contributed by atoms with Gasteiger partial charge in [-0.15, -0.1) is 0 Å². The highest BCUT2D eigenvalue weighted by molar-refractivity contribution is 7.90. The highest BCUT2D eigenvalue weighted by atomic mass is 32.2. The molecular formula is C12H17N3O7S. The minimum absolute atomic E-state index is 0.276. The molecule has 23 heavy (non-hydrogen) atoms. The van der Waals surface area contributed by atoms with Gasteiger partial charge in [0.05, 0.1) is 5.75 Å². The van der Waals surface area contributed by atoms with Crippen LogP contribution in [0.4, 0.5) is 0 Å². The number of sulfone groups is 1. The van der Waals surface area contributed by atoms with Gasteiger partial charge in [0.15, 0.2) is 12.0 Å². The van der Waals surface area contributed by atoms with Gasteiger partial charge in [0, 0.05) is 6.26 Å². The monoisotopic (exact) mass is 347 g/mol. The first-order valence-electron chi connectivity index (χ1n) is 6.93. The molecule has 0 saturated carbocycles. The van der Waals surface area contributed by atoms with Gasteiger partial charge in [-0.25, -0.2) is 13.2 Å². The Hall–Kier alpha value is -1.56. The minimum atomic E-state index is -3.33. The quantitative estimate of drug-likeness (QED) is 0.691. The molecule has 0 bridgehead atoms. The average Bonchev–Trinajstić information content (AvgIpc) is 2.83. The number of nitrogens with one attached hydrogen (secondary N) is 1. The number of hydrogen-bond acceptors (Lipinski definition) is 8.